The molecule has 4 aromatic rings. The molecule has 0 bridgehead atoms. The molecule has 0 aliphatic heterocycles. The quantitative estimate of drug-likeness (QED) is 0.356. The Morgan fingerprint density at radius 1 is 1.16 bits per heavy atom. The lowest BCUT2D eigenvalue weighted by Crippen LogP contribution is -2.15. The molecular weight excluding hydrogens is 434 g/mol. The van der Waals surface area contributed by atoms with E-state index in [1.54, 1.807) is 0 Å². The van der Waals surface area contributed by atoms with Gasteiger partial charge < -0.3 is 14.4 Å². The summed E-state index contributed by atoms with van der Waals surface area (Å²) < 4.78 is 66.1. The average molecular weight is 447 g/mol. The van der Waals surface area contributed by atoms with Gasteiger partial charge >= 0.3 is 12.1 Å². The van der Waals surface area contributed by atoms with Crippen LogP contribution in [0.15, 0.2) is 59.3 Å². The number of rotatable bonds is 4. The summed E-state index contributed by atoms with van der Waals surface area (Å²) in [6.07, 6.45) is -4.10. The zero-order valence-corrected chi connectivity index (χ0v) is 16.2. The summed E-state index contributed by atoms with van der Waals surface area (Å²) in [4.78, 5) is 12.5. The van der Waals surface area contributed by atoms with Crippen LogP contribution in [-0.2, 0) is 10.9 Å². The van der Waals surface area contributed by atoms with Crippen LogP contribution in [0, 0.1) is 5.82 Å². The maximum atomic E-state index is 14.0. The van der Waals surface area contributed by atoms with Gasteiger partial charge in [-0.05, 0) is 42.5 Å². The molecule has 4 rings (SSSR count). The third kappa shape index (κ3) is 3.68. The van der Waals surface area contributed by atoms with Gasteiger partial charge in [0.15, 0.2) is 11.5 Å². The summed E-state index contributed by atoms with van der Waals surface area (Å²) in [7, 11) is 1.06. The van der Waals surface area contributed by atoms with Gasteiger partial charge in [0, 0.05) is 5.56 Å². The third-order valence-corrected chi connectivity index (χ3v) is 4.56. The predicted molar refractivity (Wildman–Crippen MR) is 102 cm³/mol. The van der Waals surface area contributed by atoms with E-state index in [4.69, 9.17) is 9.26 Å². The van der Waals surface area contributed by atoms with Gasteiger partial charge in [-0.2, -0.15) is 18.3 Å². The van der Waals surface area contributed by atoms with Gasteiger partial charge in [-0.15, -0.1) is 0 Å². The van der Waals surface area contributed by atoms with Crippen LogP contribution in [0.1, 0.15) is 16.1 Å². The van der Waals surface area contributed by atoms with Crippen molar-refractivity contribution in [2.45, 2.75) is 6.18 Å². The first-order chi connectivity index (χ1) is 15.2. The summed E-state index contributed by atoms with van der Waals surface area (Å²) in [6.45, 7) is 0. The summed E-state index contributed by atoms with van der Waals surface area (Å²) in [5.74, 6) is -2.32. The Bertz CT molecular complexity index is 1290. The molecule has 7 nitrogen and oxygen atoms in total. The number of phenols is 1. The monoisotopic (exact) mass is 447 g/mol. The Morgan fingerprint density at radius 3 is 2.50 bits per heavy atom. The first kappa shape index (κ1) is 21.1. The van der Waals surface area contributed by atoms with Gasteiger partial charge in [-0.1, -0.05) is 11.2 Å². The van der Waals surface area contributed by atoms with E-state index in [2.05, 4.69) is 10.3 Å². The van der Waals surface area contributed by atoms with Crippen LogP contribution in [-0.4, -0.2) is 33.1 Å². The predicted octanol–water partition coefficient (Wildman–Crippen LogP) is 4.84. The third-order valence-electron chi connectivity index (χ3n) is 4.56. The second kappa shape index (κ2) is 7.84. The van der Waals surface area contributed by atoms with Gasteiger partial charge in [0.05, 0.1) is 24.6 Å². The number of alkyl halides is 3. The number of aromatic hydroxyl groups is 1. The largest absolute Gasteiger partial charge is 0.508 e. The fourth-order valence-electron chi connectivity index (χ4n) is 3.17. The number of carbonyl (C=O) groups is 1. The number of hydrogen-bond acceptors (Lipinski definition) is 6. The molecule has 2 aromatic heterocycles. The van der Waals surface area contributed by atoms with Crippen molar-refractivity contribution in [1.82, 2.24) is 14.9 Å². The van der Waals surface area contributed by atoms with Crippen LogP contribution in [0.2, 0.25) is 0 Å². The normalized spacial score (nSPS) is 11.5. The molecule has 0 saturated carbocycles. The van der Waals surface area contributed by atoms with Gasteiger partial charge in [0.25, 0.3) is 0 Å². The van der Waals surface area contributed by atoms with Gasteiger partial charge in [-0.3, -0.25) is 0 Å². The fourth-order valence-corrected chi connectivity index (χ4v) is 3.17. The molecule has 1 N–H and O–H groups in total. The lowest BCUT2D eigenvalue weighted by atomic mass is 10.0. The maximum Gasteiger partial charge on any atom is 0.434 e. The lowest BCUT2D eigenvalue weighted by molar-refractivity contribution is -0.142. The lowest BCUT2D eigenvalue weighted by Gasteiger charge is -2.12. The van der Waals surface area contributed by atoms with E-state index in [9.17, 15) is 27.5 Å². The van der Waals surface area contributed by atoms with E-state index in [0.29, 0.717) is 10.2 Å². The van der Waals surface area contributed by atoms with Crippen molar-refractivity contribution in [1.29, 1.82) is 0 Å². The summed E-state index contributed by atoms with van der Waals surface area (Å²) in [5.41, 5.74) is -2.20. The van der Waals surface area contributed by atoms with Crippen LogP contribution < -0.4 is 0 Å². The molecule has 11 heteroatoms. The molecular formula is C21H13F4N3O4. The number of esters is 1. The minimum absolute atomic E-state index is 0.0622. The Kier molecular flexibility index (Phi) is 5.17. The van der Waals surface area contributed by atoms with Crippen molar-refractivity contribution >= 4 is 5.97 Å². The van der Waals surface area contributed by atoms with E-state index >= 15 is 0 Å². The van der Waals surface area contributed by atoms with Gasteiger partial charge in [0.1, 0.15) is 22.8 Å². The molecule has 0 aliphatic carbocycles. The average Bonchev–Trinajstić information content (AvgIpc) is 3.38. The first-order valence-electron chi connectivity index (χ1n) is 8.99. The molecule has 0 aliphatic rings. The molecule has 0 saturated heterocycles. The highest BCUT2D eigenvalue weighted by atomic mass is 19.4. The Morgan fingerprint density at radius 2 is 1.88 bits per heavy atom. The smallest absolute Gasteiger partial charge is 0.434 e. The number of benzene rings is 2. The highest BCUT2D eigenvalue weighted by Crippen LogP contribution is 2.41. The molecule has 2 heterocycles. The highest BCUT2D eigenvalue weighted by molar-refractivity contribution is 6.02. The van der Waals surface area contributed by atoms with Crippen molar-refractivity contribution in [3.05, 3.63) is 71.8 Å². The SMILES string of the molecule is COC(=O)c1c(-c2ccc(O)cc2)noc1-c1cnn(-c2cccc(F)c2)c1C(F)(F)F. The Balaban J connectivity index is 1.96. The van der Waals surface area contributed by atoms with Crippen LogP contribution >= 0.6 is 0 Å². The highest BCUT2D eigenvalue weighted by Gasteiger charge is 2.42. The topological polar surface area (TPSA) is 90.4 Å². The van der Waals surface area contributed by atoms with Crippen LogP contribution in [0.5, 0.6) is 5.75 Å². The molecule has 0 fully saturated rings. The summed E-state index contributed by atoms with van der Waals surface area (Å²) in [5, 5.41) is 17.0. The number of nitrogens with zero attached hydrogens (tertiary/aromatic N) is 3. The minimum Gasteiger partial charge on any atom is -0.508 e. The second-order valence-corrected chi connectivity index (χ2v) is 6.57. The van der Waals surface area contributed by atoms with E-state index in [1.807, 2.05) is 0 Å². The zero-order chi connectivity index (χ0) is 23.0. The van der Waals surface area contributed by atoms with Crippen LogP contribution in [0.4, 0.5) is 17.6 Å². The first-order valence-corrected chi connectivity index (χ1v) is 8.99. The van der Waals surface area contributed by atoms with E-state index in [1.165, 1.54) is 36.4 Å². The number of methoxy groups -OCH3 is 1. The van der Waals surface area contributed by atoms with Crippen molar-refractivity contribution < 1.29 is 36.7 Å². The van der Waals surface area contributed by atoms with Crippen LogP contribution in [0.3, 0.4) is 0 Å². The summed E-state index contributed by atoms with van der Waals surface area (Å²) in [6, 6.07) is 9.89. The number of halogens is 4. The second-order valence-electron chi connectivity index (χ2n) is 6.57. The fraction of sp³-hybridized carbons (Fsp3) is 0.0952. The molecule has 2 aromatic carbocycles. The van der Waals surface area contributed by atoms with E-state index in [0.717, 1.165) is 25.4 Å². The number of hydrogen-bond donors (Lipinski definition) is 1. The summed E-state index contributed by atoms with van der Waals surface area (Å²) >= 11 is 0. The van der Waals surface area contributed by atoms with Gasteiger partial charge in [-0.25, -0.2) is 13.9 Å². The molecule has 0 amide bonds. The molecule has 32 heavy (non-hydrogen) atoms. The molecule has 0 atom stereocenters. The van der Waals surface area contributed by atoms with Crippen molar-refractivity contribution in [3.63, 3.8) is 0 Å². The number of ether oxygens (including phenoxy) is 1. The zero-order valence-electron chi connectivity index (χ0n) is 16.2. The van der Waals surface area contributed by atoms with Gasteiger partial charge in [0.2, 0.25) is 0 Å². The number of carbonyl (C=O) groups excluding carboxylic acids is 1. The van der Waals surface area contributed by atoms with E-state index < -0.39 is 35.0 Å². The van der Waals surface area contributed by atoms with Crippen molar-refractivity contribution in [2.24, 2.45) is 0 Å². The van der Waals surface area contributed by atoms with Crippen molar-refractivity contribution in [3.8, 4) is 34.0 Å². The minimum atomic E-state index is -4.95. The molecule has 0 radical (unpaired) electrons. The standard InChI is InChI=1S/C21H13F4N3O4/c1-31-20(30)16-17(11-5-7-14(29)8-6-11)27-32-18(16)15-10-26-28(19(15)21(23,24)25)13-4-2-3-12(22)9-13/h2-10,29H,1H3. The van der Waals surface area contributed by atoms with E-state index in [-0.39, 0.29) is 22.7 Å². The number of aromatic nitrogens is 3. The maximum absolute atomic E-state index is 14.0. The number of phenolic OH excluding ortho intramolecular Hbond substituents is 1. The van der Waals surface area contributed by atoms with Crippen LogP contribution in [0.25, 0.3) is 28.3 Å². The Labute approximate surface area is 177 Å². The molecule has 164 valence electrons. The Hall–Kier alpha value is -4.15. The van der Waals surface area contributed by atoms with Crippen molar-refractivity contribution in [2.75, 3.05) is 7.11 Å². The molecule has 0 spiro atoms. The molecule has 0 unspecified atom stereocenters.